The van der Waals surface area contributed by atoms with Crippen LogP contribution in [0.5, 0.6) is 0 Å². The molecule has 1 aromatic heterocycles. The standard InChI is InChI=1S/C25H33N3O4S/c1-18-10-12-20(13-11-18)14-15-23-24(19(2)27-32-23)33(30,31)28-16-6-7-21(17-28)25(29)26-22-8-4-3-5-9-22/h10-15,21-22H,3-9,16-17H2,1-2H3,(H,26,29)/b15-14+/t21-/m0/s1. The molecule has 1 saturated carbocycles. The number of aryl methyl sites for hydroxylation is 2. The number of amides is 1. The average Bonchev–Trinajstić information content (AvgIpc) is 3.20. The molecule has 0 bridgehead atoms. The van der Waals surface area contributed by atoms with Crippen LogP contribution in [0.25, 0.3) is 12.2 Å². The Hall–Kier alpha value is -2.45. The summed E-state index contributed by atoms with van der Waals surface area (Å²) < 4.78 is 33.9. The van der Waals surface area contributed by atoms with Crippen molar-refractivity contribution in [3.05, 3.63) is 46.8 Å². The molecule has 1 atom stereocenters. The Labute approximate surface area is 196 Å². The van der Waals surface area contributed by atoms with Gasteiger partial charge in [-0.2, -0.15) is 4.31 Å². The quantitative estimate of drug-likeness (QED) is 0.678. The fourth-order valence-corrected chi connectivity index (χ4v) is 6.49. The Kier molecular flexibility index (Phi) is 7.34. The largest absolute Gasteiger partial charge is 0.355 e. The molecule has 1 aliphatic carbocycles. The molecule has 2 fully saturated rings. The van der Waals surface area contributed by atoms with E-state index in [1.54, 1.807) is 13.0 Å². The predicted molar refractivity (Wildman–Crippen MR) is 128 cm³/mol. The number of carbonyl (C=O) groups excluding carboxylic acids is 1. The molecule has 7 nitrogen and oxygen atoms in total. The van der Waals surface area contributed by atoms with Crippen LogP contribution in [-0.2, 0) is 14.8 Å². The van der Waals surface area contributed by atoms with Gasteiger partial charge in [0.05, 0.1) is 5.92 Å². The lowest BCUT2D eigenvalue weighted by atomic mass is 9.93. The molecule has 178 valence electrons. The van der Waals surface area contributed by atoms with Crippen molar-refractivity contribution in [1.82, 2.24) is 14.8 Å². The van der Waals surface area contributed by atoms with Crippen molar-refractivity contribution >= 4 is 28.1 Å². The van der Waals surface area contributed by atoms with Gasteiger partial charge in [-0.3, -0.25) is 4.79 Å². The van der Waals surface area contributed by atoms with E-state index in [1.807, 2.05) is 37.3 Å². The van der Waals surface area contributed by atoms with Crippen LogP contribution >= 0.6 is 0 Å². The molecule has 4 rings (SSSR count). The van der Waals surface area contributed by atoms with E-state index in [4.69, 9.17) is 4.52 Å². The molecule has 0 unspecified atom stereocenters. The molecule has 0 radical (unpaired) electrons. The lowest BCUT2D eigenvalue weighted by Gasteiger charge is -2.32. The molecule has 0 spiro atoms. The van der Waals surface area contributed by atoms with E-state index in [-0.39, 0.29) is 35.1 Å². The Morgan fingerprint density at radius 3 is 2.52 bits per heavy atom. The highest BCUT2D eigenvalue weighted by molar-refractivity contribution is 7.89. The number of benzene rings is 1. The minimum Gasteiger partial charge on any atom is -0.355 e. The number of hydrogen-bond acceptors (Lipinski definition) is 5. The summed E-state index contributed by atoms with van der Waals surface area (Å²) in [6, 6.07) is 8.13. The summed E-state index contributed by atoms with van der Waals surface area (Å²) in [4.78, 5) is 13.0. The Balaban J connectivity index is 1.50. The Bertz CT molecular complexity index is 1100. The molecule has 2 heterocycles. The monoisotopic (exact) mass is 471 g/mol. The molecular weight excluding hydrogens is 438 g/mol. The second-order valence-corrected chi connectivity index (χ2v) is 11.1. The minimum absolute atomic E-state index is 0.0247. The van der Waals surface area contributed by atoms with Gasteiger partial charge in [0, 0.05) is 19.1 Å². The maximum atomic E-state index is 13.6. The third-order valence-corrected chi connectivity index (χ3v) is 8.67. The van der Waals surface area contributed by atoms with Crippen molar-refractivity contribution in [3.8, 4) is 0 Å². The van der Waals surface area contributed by atoms with Gasteiger partial charge in [0.1, 0.15) is 5.69 Å². The first-order valence-corrected chi connectivity index (χ1v) is 13.3. The number of sulfonamides is 1. The molecule has 1 amide bonds. The van der Waals surface area contributed by atoms with Crippen molar-refractivity contribution in [2.24, 2.45) is 5.92 Å². The summed E-state index contributed by atoms with van der Waals surface area (Å²) in [6.45, 7) is 4.23. The van der Waals surface area contributed by atoms with Crippen LogP contribution < -0.4 is 5.32 Å². The molecule has 2 aromatic rings. The van der Waals surface area contributed by atoms with Crippen molar-refractivity contribution in [3.63, 3.8) is 0 Å². The number of carbonyl (C=O) groups is 1. The first-order chi connectivity index (χ1) is 15.8. The van der Waals surface area contributed by atoms with Gasteiger partial charge in [0.15, 0.2) is 10.7 Å². The van der Waals surface area contributed by atoms with Gasteiger partial charge in [0.25, 0.3) is 0 Å². The van der Waals surface area contributed by atoms with E-state index in [9.17, 15) is 13.2 Å². The first kappa shape index (κ1) is 23.7. The molecule has 1 saturated heterocycles. The zero-order chi connectivity index (χ0) is 23.4. The number of nitrogens with zero attached hydrogens (tertiary/aromatic N) is 2. The topological polar surface area (TPSA) is 92.5 Å². The van der Waals surface area contributed by atoms with Crippen molar-refractivity contribution < 1.29 is 17.7 Å². The lowest BCUT2D eigenvalue weighted by Crippen LogP contribution is -2.48. The summed E-state index contributed by atoms with van der Waals surface area (Å²) in [5.74, 6) is -0.146. The molecule has 2 aliphatic rings. The van der Waals surface area contributed by atoms with E-state index in [1.165, 1.54) is 10.7 Å². The zero-order valence-corrected chi connectivity index (χ0v) is 20.2. The number of hydrogen-bond donors (Lipinski definition) is 1. The van der Waals surface area contributed by atoms with Gasteiger partial charge in [0.2, 0.25) is 15.9 Å². The number of nitrogens with one attached hydrogen (secondary N) is 1. The van der Waals surface area contributed by atoms with Crippen LogP contribution in [0.4, 0.5) is 0 Å². The highest BCUT2D eigenvalue weighted by Gasteiger charge is 2.37. The molecular formula is C25H33N3O4S. The van der Waals surface area contributed by atoms with Crippen molar-refractivity contribution in [2.45, 2.75) is 69.7 Å². The summed E-state index contributed by atoms with van der Waals surface area (Å²) in [7, 11) is -3.84. The molecule has 8 heteroatoms. The smallest absolute Gasteiger partial charge is 0.248 e. The number of aromatic nitrogens is 1. The summed E-state index contributed by atoms with van der Waals surface area (Å²) in [6.07, 6.45) is 10.3. The van der Waals surface area contributed by atoms with E-state index in [2.05, 4.69) is 10.5 Å². The zero-order valence-electron chi connectivity index (χ0n) is 19.4. The number of rotatable bonds is 6. The van der Waals surface area contributed by atoms with Crippen LogP contribution in [-0.4, -0.2) is 42.9 Å². The van der Waals surface area contributed by atoms with Crippen LogP contribution in [0.15, 0.2) is 33.7 Å². The van der Waals surface area contributed by atoms with Gasteiger partial charge < -0.3 is 9.84 Å². The Morgan fingerprint density at radius 1 is 1.06 bits per heavy atom. The van der Waals surface area contributed by atoms with E-state index in [0.29, 0.717) is 25.1 Å². The van der Waals surface area contributed by atoms with Crippen LogP contribution in [0.2, 0.25) is 0 Å². The summed E-state index contributed by atoms with van der Waals surface area (Å²) in [5.41, 5.74) is 2.42. The van der Waals surface area contributed by atoms with Gasteiger partial charge in [-0.15, -0.1) is 0 Å². The van der Waals surface area contributed by atoms with Crippen LogP contribution in [0.1, 0.15) is 67.5 Å². The van der Waals surface area contributed by atoms with Gasteiger partial charge >= 0.3 is 0 Å². The lowest BCUT2D eigenvalue weighted by molar-refractivity contribution is -0.127. The normalized spacial score (nSPS) is 20.8. The third-order valence-electron chi connectivity index (χ3n) is 6.64. The second-order valence-electron chi connectivity index (χ2n) is 9.25. The minimum atomic E-state index is -3.84. The maximum absolute atomic E-state index is 13.6. The fraction of sp³-hybridized carbons (Fsp3) is 0.520. The Morgan fingerprint density at radius 2 is 1.79 bits per heavy atom. The molecule has 1 N–H and O–H groups in total. The van der Waals surface area contributed by atoms with E-state index in [0.717, 1.165) is 36.8 Å². The maximum Gasteiger partial charge on any atom is 0.248 e. The van der Waals surface area contributed by atoms with Crippen molar-refractivity contribution in [1.29, 1.82) is 0 Å². The summed E-state index contributed by atoms with van der Waals surface area (Å²) >= 11 is 0. The predicted octanol–water partition coefficient (Wildman–Crippen LogP) is 4.31. The molecule has 1 aliphatic heterocycles. The van der Waals surface area contributed by atoms with Gasteiger partial charge in [-0.05, 0) is 51.2 Å². The van der Waals surface area contributed by atoms with Gasteiger partial charge in [-0.25, -0.2) is 8.42 Å². The SMILES string of the molecule is Cc1ccc(/C=C/c2onc(C)c2S(=O)(=O)N2CCC[C@H](C(=O)NC3CCCCC3)C2)cc1. The molecule has 1 aromatic carbocycles. The van der Waals surface area contributed by atoms with Crippen LogP contribution in [0, 0.1) is 19.8 Å². The third kappa shape index (κ3) is 5.55. The fourth-order valence-electron chi connectivity index (χ4n) is 4.72. The molecule has 33 heavy (non-hydrogen) atoms. The highest BCUT2D eigenvalue weighted by Crippen LogP contribution is 2.29. The summed E-state index contributed by atoms with van der Waals surface area (Å²) in [5, 5.41) is 7.08. The van der Waals surface area contributed by atoms with E-state index < -0.39 is 10.0 Å². The average molecular weight is 472 g/mol. The second kappa shape index (κ2) is 10.2. The number of piperidine rings is 1. The highest BCUT2D eigenvalue weighted by atomic mass is 32.2. The first-order valence-electron chi connectivity index (χ1n) is 11.9. The van der Waals surface area contributed by atoms with Crippen molar-refractivity contribution in [2.75, 3.05) is 13.1 Å². The van der Waals surface area contributed by atoms with Gasteiger partial charge in [-0.1, -0.05) is 60.3 Å². The van der Waals surface area contributed by atoms with Crippen LogP contribution in [0.3, 0.4) is 0 Å². The van der Waals surface area contributed by atoms with E-state index >= 15 is 0 Å².